The first kappa shape index (κ1) is 16.0. The number of carboxylic acid groups (broad SMARTS) is 1. The smallest absolute Gasteiger partial charge is 0.326 e. The van der Waals surface area contributed by atoms with E-state index < -0.39 is 12.0 Å². The Bertz CT molecular complexity index is 311. The molecule has 0 aromatic rings. The molecule has 1 saturated heterocycles. The van der Waals surface area contributed by atoms with E-state index in [1.807, 2.05) is 6.92 Å². The molecule has 1 heterocycles. The van der Waals surface area contributed by atoms with Gasteiger partial charge in [0.05, 0.1) is 6.61 Å². The second-order valence-electron chi connectivity index (χ2n) is 5.79. The number of hydrogen-bond donors (Lipinski definition) is 2. The van der Waals surface area contributed by atoms with E-state index in [1.165, 1.54) is 0 Å². The summed E-state index contributed by atoms with van der Waals surface area (Å²) < 4.78 is 5.30. The Kier molecular flexibility index (Phi) is 6.28. The summed E-state index contributed by atoms with van der Waals surface area (Å²) >= 11 is 0. The monoisotopic (exact) mass is 271 g/mol. The topological polar surface area (TPSA) is 75.6 Å². The van der Waals surface area contributed by atoms with Gasteiger partial charge in [0.25, 0.3) is 0 Å². The van der Waals surface area contributed by atoms with Crippen LogP contribution >= 0.6 is 0 Å². The summed E-state index contributed by atoms with van der Waals surface area (Å²) in [6.45, 7) is 7.21. The molecule has 2 N–H and O–H groups in total. The molecule has 5 nitrogen and oxygen atoms in total. The summed E-state index contributed by atoms with van der Waals surface area (Å²) in [5.74, 6) is -0.617. The van der Waals surface area contributed by atoms with Crippen LogP contribution in [0.3, 0.4) is 0 Å². The highest BCUT2D eigenvalue weighted by Gasteiger charge is 2.31. The molecule has 1 aliphatic rings. The third-order valence-electron chi connectivity index (χ3n) is 3.89. The zero-order chi connectivity index (χ0) is 14.4. The Hall–Kier alpha value is -1.10. The maximum absolute atomic E-state index is 11.9. The number of carbonyl (C=O) groups is 2. The molecule has 0 aromatic carbocycles. The minimum atomic E-state index is -0.971. The number of ether oxygens (including phenoxy) is 1. The van der Waals surface area contributed by atoms with Crippen molar-refractivity contribution >= 4 is 11.9 Å². The van der Waals surface area contributed by atoms with Crippen LogP contribution in [0.15, 0.2) is 0 Å². The van der Waals surface area contributed by atoms with Crippen molar-refractivity contribution in [2.45, 2.75) is 46.1 Å². The number of nitrogens with one attached hydrogen (secondary N) is 1. The van der Waals surface area contributed by atoms with Crippen molar-refractivity contribution in [1.82, 2.24) is 5.32 Å². The Morgan fingerprint density at radius 2 is 2.05 bits per heavy atom. The molecule has 110 valence electrons. The number of hydrogen-bond acceptors (Lipinski definition) is 3. The summed E-state index contributed by atoms with van der Waals surface area (Å²) in [6.07, 6.45) is 2.01. The van der Waals surface area contributed by atoms with Gasteiger partial charge >= 0.3 is 5.97 Å². The molecule has 5 heteroatoms. The average molecular weight is 271 g/mol. The summed E-state index contributed by atoms with van der Waals surface area (Å²) in [7, 11) is 0. The van der Waals surface area contributed by atoms with Gasteiger partial charge in [0.15, 0.2) is 0 Å². The first-order valence-electron chi connectivity index (χ1n) is 7.01. The van der Waals surface area contributed by atoms with Gasteiger partial charge in [-0.2, -0.15) is 0 Å². The lowest BCUT2D eigenvalue weighted by Gasteiger charge is -2.28. The van der Waals surface area contributed by atoms with E-state index >= 15 is 0 Å². The van der Waals surface area contributed by atoms with Crippen LogP contribution in [0.2, 0.25) is 0 Å². The lowest BCUT2D eigenvalue weighted by Crippen LogP contribution is -2.48. The minimum absolute atomic E-state index is 0.121. The van der Waals surface area contributed by atoms with Gasteiger partial charge in [-0.15, -0.1) is 0 Å². The van der Waals surface area contributed by atoms with E-state index in [0.29, 0.717) is 25.6 Å². The normalized spacial score (nSPS) is 22.8. The highest BCUT2D eigenvalue weighted by atomic mass is 16.5. The van der Waals surface area contributed by atoms with Crippen molar-refractivity contribution in [2.75, 3.05) is 13.2 Å². The fourth-order valence-electron chi connectivity index (χ4n) is 2.17. The van der Waals surface area contributed by atoms with Crippen molar-refractivity contribution in [2.24, 2.45) is 17.8 Å². The lowest BCUT2D eigenvalue weighted by molar-refractivity contribution is -0.145. The molecule has 3 atom stereocenters. The van der Waals surface area contributed by atoms with Crippen molar-refractivity contribution in [3.8, 4) is 0 Å². The van der Waals surface area contributed by atoms with Crippen LogP contribution < -0.4 is 5.32 Å². The van der Waals surface area contributed by atoms with Crippen LogP contribution in [0.5, 0.6) is 0 Å². The van der Waals surface area contributed by atoms with Gasteiger partial charge in [-0.25, -0.2) is 4.79 Å². The molecular formula is C14H25NO4. The van der Waals surface area contributed by atoms with Gasteiger partial charge in [0, 0.05) is 18.9 Å². The number of rotatable bonds is 6. The van der Waals surface area contributed by atoms with E-state index in [-0.39, 0.29) is 17.7 Å². The third kappa shape index (κ3) is 5.19. The summed E-state index contributed by atoms with van der Waals surface area (Å²) in [5, 5.41) is 11.9. The second-order valence-corrected chi connectivity index (χ2v) is 5.79. The SMILES string of the molecule is CC(C)C(C)CC(=O)NC(C(=O)O)C1CCCOC1. The second kappa shape index (κ2) is 7.48. The lowest BCUT2D eigenvalue weighted by atomic mass is 9.92. The minimum Gasteiger partial charge on any atom is -0.480 e. The molecule has 0 spiro atoms. The first-order valence-corrected chi connectivity index (χ1v) is 7.01. The van der Waals surface area contributed by atoms with Gasteiger partial charge in [0.1, 0.15) is 6.04 Å². The first-order chi connectivity index (χ1) is 8.91. The predicted molar refractivity (Wildman–Crippen MR) is 71.7 cm³/mol. The van der Waals surface area contributed by atoms with E-state index in [4.69, 9.17) is 4.74 Å². The van der Waals surface area contributed by atoms with Crippen LogP contribution in [-0.4, -0.2) is 36.2 Å². The molecule has 0 aromatic heterocycles. The number of carboxylic acids is 1. The quantitative estimate of drug-likeness (QED) is 0.770. The standard InChI is InChI=1S/C14H25NO4/c1-9(2)10(3)7-12(16)15-13(14(17)18)11-5-4-6-19-8-11/h9-11,13H,4-8H2,1-3H3,(H,15,16)(H,17,18). The molecule has 0 bridgehead atoms. The van der Waals surface area contributed by atoms with Gasteiger partial charge in [-0.05, 0) is 24.7 Å². The summed E-state index contributed by atoms with van der Waals surface area (Å²) in [4.78, 5) is 23.2. The van der Waals surface area contributed by atoms with Crippen molar-refractivity contribution < 1.29 is 19.4 Å². The predicted octanol–water partition coefficient (Wildman–Crippen LogP) is 1.66. The number of aliphatic carboxylic acids is 1. The molecule has 1 rings (SSSR count). The van der Waals surface area contributed by atoms with E-state index in [2.05, 4.69) is 19.2 Å². The number of amides is 1. The Morgan fingerprint density at radius 3 is 2.53 bits per heavy atom. The fourth-order valence-corrected chi connectivity index (χ4v) is 2.17. The van der Waals surface area contributed by atoms with Gasteiger partial charge in [-0.1, -0.05) is 20.8 Å². The molecule has 3 unspecified atom stereocenters. The highest BCUT2D eigenvalue weighted by Crippen LogP contribution is 2.19. The van der Waals surface area contributed by atoms with Crippen molar-refractivity contribution in [3.05, 3.63) is 0 Å². The molecule has 0 radical (unpaired) electrons. The van der Waals surface area contributed by atoms with Gasteiger partial charge in [-0.3, -0.25) is 4.79 Å². The Labute approximate surface area is 114 Å². The van der Waals surface area contributed by atoms with E-state index in [1.54, 1.807) is 0 Å². The van der Waals surface area contributed by atoms with Crippen LogP contribution in [0.1, 0.15) is 40.0 Å². The summed E-state index contributed by atoms with van der Waals surface area (Å²) in [6, 6.07) is -0.827. The molecule has 0 aliphatic carbocycles. The van der Waals surface area contributed by atoms with Crippen molar-refractivity contribution in [1.29, 1.82) is 0 Å². The van der Waals surface area contributed by atoms with Crippen LogP contribution in [0, 0.1) is 17.8 Å². The van der Waals surface area contributed by atoms with E-state index in [0.717, 1.165) is 12.8 Å². The molecular weight excluding hydrogens is 246 g/mol. The Balaban J connectivity index is 2.53. The Morgan fingerprint density at radius 1 is 1.37 bits per heavy atom. The zero-order valence-electron chi connectivity index (χ0n) is 12.0. The van der Waals surface area contributed by atoms with Crippen molar-refractivity contribution in [3.63, 3.8) is 0 Å². The van der Waals surface area contributed by atoms with Crippen LogP contribution in [-0.2, 0) is 14.3 Å². The molecule has 19 heavy (non-hydrogen) atoms. The molecule has 1 amide bonds. The largest absolute Gasteiger partial charge is 0.480 e. The third-order valence-corrected chi connectivity index (χ3v) is 3.89. The highest BCUT2D eigenvalue weighted by molar-refractivity contribution is 5.83. The zero-order valence-corrected chi connectivity index (χ0v) is 12.0. The molecule has 0 saturated carbocycles. The van der Waals surface area contributed by atoms with Crippen LogP contribution in [0.4, 0.5) is 0 Å². The van der Waals surface area contributed by atoms with Gasteiger partial charge < -0.3 is 15.2 Å². The molecule has 1 fully saturated rings. The maximum Gasteiger partial charge on any atom is 0.326 e. The van der Waals surface area contributed by atoms with E-state index in [9.17, 15) is 14.7 Å². The number of carbonyl (C=O) groups excluding carboxylic acids is 1. The maximum atomic E-state index is 11.9. The van der Waals surface area contributed by atoms with Crippen LogP contribution in [0.25, 0.3) is 0 Å². The fraction of sp³-hybridized carbons (Fsp3) is 0.857. The summed E-state index contributed by atoms with van der Waals surface area (Å²) in [5.41, 5.74) is 0. The molecule has 1 aliphatic heterocycles. The van der Waals surface area contributed by atoms with Gasteiger partial charge in [0.2, 0.25) is 5.91 Å². The average Bonchev–Trinajstić information content (AvgIpc) is 2.36.